The Hall–Kier alpha value is -1.57. The molecule has 1 rings (SSSR count). The lowest BCUT2D eigenvalue weighted by atomic mass is 10.2. The molecule has 1 aromatic carbocycles. The molecule has 1 N–H and O–H groups in total. The highest BCUT2D eigenvalue weighted by molar-refractivity contribution is 9.10. The Morgan fingerprint density at radius 3 is 2.16 bits per heavy atom. The lowest BCUT2D eigenvalue weighted by Gasteiger charge is -2.28. The standard InChI is InChI=1S/C11H9BrF3NO3/c1-19-9(18)10(12,11(13,14)15)16-8(17)7-5-3-2-4-6-7/h2-6H,1H3,(H,16,17)/t10-/m1/s1. The van der Waals surface area contributed by atoms with Crippen molar-refractivity contribution < 1.29 is 27.5 Å². The summed E-state index contributed by atoms with van der Waals surface area (Å²) in [6, 6.07) is 7.20. The van der Waals surface area contributed by atoms with Gasteiger partial charge in [-0.3, -0.25) is 4.79 Å². The van der Waals surface area contributed by atoms with Gasteiger partial charge in [0.05, 0.1) is 7.11 Å². The van der Waals surface area contributed by atoms with E-state index in [0.717, 1.165) is 7.11 Å². The van der Waals surface area contributed by atoms with Crippen molar-refractivity contribution in [3.05, 3.63) is 35.9 Å². The second-order valence-electron chi connectivity index (χ2n) is 3.47. The van der Waals surface area contributed by atoms with E-state index < -0.39 is 22.5 Å². The molecule has 1 atom stereocenters. The van der Waals surface area contributed by atoms with Crippen LogP contribution in [-0.2, 0) is 9.53 Å². The monoisotopic (exact) mass is 339 g/mol. The highest BCUT2D eigenvalue weighted by Gasteiger charge is 2.61. The molecule has 0 aliphatic carbocycles. The summed E-state index contributed by atoms with van der Waals surface area (Å²) in [6.07, 6.45) is -5.05. The lowest BCUT2D eigenvalue weighted by molar-refractivity contribution is -0.187. The predicted molar refractivity (Wildman–Crippen MR) is 63.6 cm³/mol. The van der Waals surface area contributed by atoms with E-state index in [-0.39, 0.29) is 5.56 Å². The molecule has 8 heteroatoms. The van der Waals surface area contributed by atoms with Gasteiger partial charge in [0.1, 0.15) is 0 Å². The van der Waals surface area contributed by atoms with E-state index in [4.69, 9.17) is 0 Å². The fourth-order valence-electron chi connectivity index (χ4n) is 1.20. The number of methoxy groups -OCH3 is 1. The van der Waals surface area contributed by atoms with Gasteiger partial charge in [-0.25, -0.2) is 4.79 Å². The summed E-state index contributed by atoms with van der Waals surface area (Å²) in [5.41, 5.74) is -0.0144. The molecular weight excluding hydrogens is 331 g/mol. The van der Waals surface area contributed by atoms with Crippen molar-refractivity contribution >= 4 is 27.8 Å². The van der Waals surface area contributed by atoms with Crippen molar-refractivity contribution in [1.29, 1.82) is 0 Å². The van der Waals surface area contributed by atoms with E-state index in [0.29, 0.717) is 0 Å². The van der Waals surface area contributed by atoms with Crippen LogP contribution in [0.1, 0.15) is 10.4 Å². The molecule has 4 nitrogen and oxygen atoms in total. The van der Waals surface area contributed by atoms with Gasteiger partial charge in [-0.05, 0) is 28.1 Å². The van der Waals surface area contributed by atoms with Gasteiger partial charge in [0.25, 0.3) is 10.4 Å². The molecule has 19 heavy (non-hydrogen) atoms. The Morgan fingerprint density at radius 2 is 1.74 bits per heavy atom. The van der Waals surface area contributed by atoms with Gasteiger partial charge >= 0.3 is 12.1 Å². The van der Waals surface area contributed by atoms with Crippen molar-refractivity contribution in [2.45, 2.75) is 10.6 Å². The van der Waals surface area contributed by atoms with Crippen molar-refractivity contribution in [3.63, 3.8) is 0 Å². The van der Waals surface area contributed by atoms with Crippen LogP contribution in [0.25, 0.3) is 0 Å². The third kappa shape index (κ3) is 3.25. The van der Waals surface area contributed by atoms with Gasteiger partial charge < -0.3 is 10.1 Å². The first-order valence-electron chi connectivity index (χ1n) is 4.94. The molecule has 104 valence electrons. The molecule has 0 bridgehead atoms. The fourth-order valence-corrected chi connectivity index (χ4v) is 1.54. The Bertz CT molecular complexity index is 478. The molecule has 0 heterocycles. The molecular formula is C11H9BrF3NO3. The Kier molecular flexibility index (Phi) is 4.56. The van der Waals surface area contributed by atoms with Gasteiger partial charge in [-0.1, -0.05) is 18.2 Å². The highest BCUT2D eigenvalue weighted by Crippen LogP contribution is 2.36. The number of benzene rings is 1. The summed E-state index contributed by atoms with van der Waals surface area (Å²) in [4.78, 5) is 22.9. The van der Waals surface area contributed by atoms with Crippen LogP contribution in [0.5, 0.6) is 0 Å². The van der Waals surface area contributed by atoms with Crippen molar-refractivity contribution in [2.75, 3.05) is 7.11 Å². The van der Waals surface area contributed by atoms with Crippen LogP contribution in [0.4, 0.5) is 13.2 Å². The third-order valence-corrected chi connectivity index (χ3v) is 3.15. The first kappa shape index (κ1) is 15.5. The van der Waals surface area contributed by atoms with Crippen LogP contribution in [0.3, 0.4) is 0 Å². The fraction of sp³-hybridized carbons (Fsp3) is 0.273. The van der Waals surface area contributed by atoms with Crippen LogP contribution in [0.2, 0.25) is 0 Å². The van der Waals surface area contributed by atoms with Gasteiger partial charge in [0.2, 0.25) is 0 Å². The topological polar surface area (TPSA) is 55.4 Å². The number of hydrogen-bond donors (Lipinski definition) is 1. The zero-order chi connectivity index (χ0) is 14.7. The van der Waals surface area contributed by atoms with E-state index in [1.54, 1.807) is 11.4 Å². The maximum atomic E-state index is 12.9. The largest absolute Gasteiger partial charge is 0.466 e. The second-order valence-corrected chi connectivity index (χ2v) is 4.66. The van der Waals surface area contributed by atoms with Crippen LogP contribution in [0.15, 0.2) is 30.3 Å². The number of rotatable bonds is 3. The van der Waals surface area contributed by atoms with Crippen LogP contribution < -0.4 is 5.32 Å². The number of nitrogens with one attached hydrogen (secondary N) is 1. The first-order chi connectivity index (χ1) is 8.72. The van der Waals surface area contributed by atoms with E-state index in [1.807, 2.05) is 0 Å². The number of amides is 1. The molecule has 1 amide bonds. The summed E-state index contributed by atoms with van der Waals surface area (Å²) in [7, 11) is 0.790. The minimum absolute atomic E-state index is 0.0144. The smallest absolute Gasteiger partial charge is 0.432 e. The van der Waals surface area contributed by atoms with Crippen molar-refractivity contribution in [2.24, 2.45) is 0 Å². The summed E-state index contributed by atoms with van der Waals surface area (Å²) in [5, 5.41) is 1.58. The Balaban J connectivity index is 3.04. The number of halogens is 4. The number of carbonyl (C=O) groups is 2. The normalized spacial score (nSPS) is 14.4. The summed E-state index contributed by atoms with van der Waals surface area (Å²) in [6.45, 7) is 0. The highest BCUT2D eigenvalue weighted by atomic mass is 79.9. The summed E-state index contributed by atoms with van der Waals surface area (Å²) < 4.78 is 39.3. The minimum Gasteiger partial charge on any atom is -0.466 e. The van der Waals surface area contributed by atoms with Gasteiger partial charge in [0, 0.05) is 5.56 Å². The Labute approximate surface area is 115 Å². The zero-order valence-corrected chi connectivity index (χ0v) is 11.2. The SMILES string of the molecule is COC(=O)[C@@](Br)(NC(=O)c1ccccc1)C(F)(F)F. The summed E-state index contributed by atoms with van der Waals surface area (Å²) in [5.74, 6) is -2.72. The molecule has 0 fully saturated rings. The molecule has 0 spiro atoms. The number of esters is 1. The van der Waals surface area contributed by atoms with Crippen molar-refractivity contribution in [1.82, 2.24) is 5.32 Å². The third-order valence-electron chi connectivity index (χ3n) is 2.18. The number of ether oxygens (including phenoxy) is 1. The average molecular weight is 340 g/mol. The van der Waals surface area contributed by atoms with E-state index in [1.165, 1.54) is 24.3 Å². The van der Waals surface area contributed by atoms with Gasteiger partial charge in [0.15, 0.2) is 0 Å². The molecule has 0 saturated heterocycles. The average Bonchev–Trinajstić information content (AvgIpc) is 2.37. The molecule has 0 aromatic heterocycles. The lowest BCUT2D eigenvalue weighted by Crippen LogP contribution is -2.59. The molecule has 0 saturated carbocycles. The maximum Gasteiger partial charge on any atom is 0.432 e. The number of carbonyl (C=O) groups excluding carboxylic acids is 2. The zero-order valence-electron chi connectivity index (χ0n) is 9.62. The minimum atomic E-state index is -5.05. The van der Waals surface area contributed by atoms with Crippen LogP contribution >= 0.6 is 15.9 Å². The second kappa shape index (κ2) is 5.60. The van der Waals surface area contributed by atoms with E-state index in [9.17, 15) is 22.8 Å². The molecule has 0 unspecified atom stereocenters. The Morgan fingerprint density at radius 1 is 1.21 bits per heavy atom. The molecule has 0 radical (unpaired) electrons. The van der Waals surface area contributed by atoms with Crippen LogP contribution in [-0.4, -0.2) is 29.6 Å². The van der Waals surface area contributed by atoms with Crippen LogP contribution in [0, 0.1) is 0 Å². The molecule has 0 aliphatic rings. The predicted octanol–water partition coefficient (Wildman–Crippen LogP) is 2.24. The first-order valence-corrected chi connectivity index (χ1v) is 5.73. The van der Waals surface area contributed by atoms with E-state index in [2.05, 4.69) is 20.7 Å². The quantitative estimate of drug-likeness (QED) is 0.522. The number of hydrogen-bond acceptors (Lipinski definition) is 3. The molecule has 0 aliphatic heterocycles. The summed E-state index contributed by atoms with van der Waals surface area (Å²) >= 11 is 2.20. The van der Waals surface area contributed by atoms with E-state index >= 15 is 0 Å². The van der Waals surface area contributed by atoms with Gasteiger partial charge in [-0.2, -0.15) is 13.2 Å². The maximum absolute atomic E-state index is 12.9. The van der Waals surface area contributed by atoms with Crippen molar-refractivity contribution in [3.8, 4) is 0 Å². The number of alkyl halides is 4. The van der Waals surface area contributed by atoms with Gasteiger partial charge in [-0.15, -0.1) is 0 Å². The molecule has 1 aromatic rings.